The Kier molecular flexibility index (Phi) is 5.03. The number of allylic oxidation sites excluding steroid dienone is 2. The first-order valence-corrected chi connectivity index (χ1v) is 10.2. The second-order valence-corrected chi connectivity index (χ2v) is 8.05. The van der Waals surface area contributed by atoms with E-state index < -0.39 is 0 Å². The number of hydrogen-bond donors (Lipinski definition) is 0. The zero-order valence-electron chi connectivity index (χ0n) is 14.6. The van der Waals surface area contributed by atoms with Gasteiger partial charge in [0.05, 0.1) is 17.3 Å². The molecule has 0 amide bonds. The molecular formula is C23H17N2S2+. The van der Waals surface area contributed by atoms with Crippen molar-refractivity contribution >= 4 is 45.1 Å². The Labute approximate surface area is 167 Å². The highest BCUT2D eigenvalue weighted by atomic mass is 32.2. The van der Waals surface area contributed by atoms with E-state index >= 15 is 0 Å². The summed E-state index contributed by atoms with van der Waals surface area (Å²) in [6.45, 7) is 1.12. The van der Waals surface area contributed by atoms with Crippen molar-refractivity contribution < 1.29 is 4.57 Å². The van der Waals surface area contributed by atoms with Gasteiger partial charge in [-0.1, -0.05) is 59.4 Å². The lowest BCUT2D eigenvalue weighted by molar-refractivity contribution is -0.656. The van der Waals surface area contributed by atoms with Crippen molar-refractivity contribution in [3.63, 3.8) is 0 Å². The van der Waals surface area contributed by atoms with E-state index in [1.807, 2.05) is 12.1 Å². The van der Waals surface area contributed by atoms with Crippen LogP contribution < -0.4 is 9.47 Å². The third-order valence-corrected chi connectivity index (χ3v) is 6.51. The van der Waals surface area contributed by atoms with Crippen molar-refractivity contribution in [1.29, 1.82) is 0 Å². The Balaban J connectivity index is 1.66. The number of aromatic nitrogens is 1. The lowest BCUT2D eigenvalue weighted by atomic mass is 10.3. The lowest BCUT2D eigenvalue weighted by Gasteiger charge is -2.16. The first kappa shape index (κ1) is 17.5. The van der Waals surface area contributed by atoms with E-state index in [-0.39, 0.29) is 0 Å². The molecule has 4 heteroatoms. The molecule has 1 aliphatic rings. The Hall–Kier alpha value is -2.92. The zero-order valence-corrected chi connectivity index (χ0v) is 16.3. The standard InChI is InChI=1S/C23H17N2S2/c1-3-16-24-18-10-5-7-12-20(18)26-22(24)14-9-15-23-25(17-4-2)19-11-6-8-13-21(19)27-23/h1-2,5-15H,16-17H2/q+1. The summed E-state index contributed by atoms with van der Waals surface area (Å²) in [5.41, 5.74) is 2.34. The quantitative estimate of drug-likeness (QED) is 0.465. The second-order valence-electron chi connectivity index (χ2n) is 5.92. The summed E-state index contributed by atoms with van der Waals surface area (Å²) in [5.74, 6) is 5.51. The third-order valence-electron chi connectivity index (χ3n) is 4.25. The van der Waals surface area contributed by atoms with E-state index in [0.717, 1.165) is 10.0 Å². The number of rotatable bonds is 4. The molecular weight excluding hydrogens is 368 g/mol. The monoisotopic (exact) mass is 385 g/mol. The molecule has 1 aromatic heterocycles. The minimum atomic E-state index is 0.559. The zero-order chi connectivity index (χ0) is 18.6. The van der Waals surface area contributed by atoms with Gasteiger partial charge in [0, 0.05) is 17.0 Å². The number of para-hydroxylation sites is 2. The predicted octanol–water partition coefficient (Wildman–Crippen LogP) is 4.92. The Morgan fingerprint density at radius 3 is 2.70 bits per heavy atom. The normalized spacial score (nSPS) is 14.6. The van der Waals surface area contributed by atoms with Gasteiger partial charge in [-0.25, -0.2) is 0 Å². The number of thiazole rings is 1. The maximum absolute atomic E-state index is 5.58. The third kappa shape index (κ3) is 3.38. The summed E-state index contributed by atoms with van der Waals surface area (Å²) in [5, 5.41) is 2.27. The van der Waals surface area contributed by atoms with Crippen LogP contribution in [0.5, 0.6) is 0 Å². The molecule has 2 heterocycles. The molecule has 0 radical (unpaired) electrons. The lowest BCUT2D eigenvalue weighted by Crippen LogP contribution is -2.34. The second kappa shape index (κ2) is 7.76. The number of nitrogens with zero attached hydrogens (tertiary/aromatic N) is 2. The Bertz CT molecular complexity index is 1140. The van der Waals surface area contributed by atoms with Crippen molar-refractivity contribution in [2.75, 3.05) is 11.4 Å². The number of terminal acetylenes is 2. The Morgan fingerprint density at radius 1 is 1.04 bits per heavy atom. The number of fused-ring (bicyclic) bond motifs is 2. The summed E-state index contributed by atoms with van der Waals surface area (Å²) in [6, 6.07) is 16.7. The molecule has 0 spiro atoms. The average Bonchev–Trinajstić information content (AvgIpc) is 3.21. The molecule has 4 rings (SSSR count). The molecule has 0 aliphatic carbocycles. The minimum absolute atomic E-state index is 0.559. The van der Waals surface area contributed by atoms with Crippen LogP contribution in [0.3, 0.4) is 0 Å². The molecule has 27 heavy (non-hydrogen) atoms. The minimum Gasteiger partial charge on any atom is -0.323 e. The topological polar surface area (TPSA) is 7.12 Å². The van der Waals surface area contributed by atoms with Crippen molar-refractivity contribution in [2.45, 2.75) is 11.4 Å². The van der Waals surface area contributed by atoms with E-state index in [0.29, 0.717) is 13.1 Å². The van der Waals surface area contributed by atoms with Crippen LogP contribution >= 0.6 is 23.1 Å². The van der Waals surface area contributed by atoms with Crippen molar-refractivity contribution in [2.24, 2.45) is 0 Å². The SMILES string of the molecule is C#CCN1C(=CC=Cc2sc3ccccc3[n+]2CC#C)Sc2ccccc21. The van der Waals surface area contributed by atoms with E-state index in [2.05, 4.69) is 75.9 Å². The first-order valence-electron chi connectivity index (χ1n) is 8.53. The van der Waals surface area contributed by atoms with Crippen LogP contribution in [-0.4, -0.2) is 6.54 Å². The highest BCUT2D eigenvalue weighted by molar-refractivity contribution is 8.03. The van der Waals surface area contributed by atoms with E-state index in [4.69, 9.17) is 12.8 Å². The van der Waals surface area contributed by atoms with Gasteiger partial charge < -0.3 is 4.90 Å². The fraction of sp³-hybridized carbons (Fsp3) is 0.0870. The fourth-order valence-corrected chi connectivity index (χ4v) is 5.22. The van der Waals surface area contributed by atoms with Crippen LogP contribution in [0.25, 0.3) is 16.3 Å². The molecule has 0 fully saturated rings. The summed E-state index contributed by atoms with van der Waals surface area (Å²) in [6.07, 6.45) is 17.5. The van der Waals surface area contributed by atoms with Gasteiger partial charge in [0.15, 0.2) is 0 Å². The number of thioether (sulfide) groups is 1. The smallest absolute Gasteiger partial charge is 0.263 e. The number of benzene rings is 2. The van der Waals surface area contributed by atoms with Gasteiger partial charge in [0.1, 0.15) is 4.70 Å². The van der Waals surface area contributed by atoms with Gasteiger partial charge in [-0.05, 0) is 30.2 Å². The summed E-state index contributed by atoms with van der Waals surface area (Å²) >= 11 is 3.49. The van der Waals surface area contributed by atoms with Crippen LogP contribution in [0.4, 0.5) is 5.69 Å². The van der Waals surface area contributed by atoms with Gasteiger partial charge in [-0.3, -0.25) is 0 Å². The molecule has 3 aromatic rings. The molecule has 130 valence electrons. The van der Waals surface area contributed by atoms with E-state index in [9.17, 15) is 0 Å². The van der Waals surface area contributed by atoms with Crippen LogP contribution in [0.15, 0.2) is 70.6 Å². The van der Waals surface area contributed by atoms with Crippen molar-refractivity contribution in [3.05, 3.63) is 70.7 Å². The average molecular weight is 386 g/mol. The van der Waals surface area contributed by atoms with Crippen LogP contribution in [0.2, 0.25) is 0 Å². The molecule has 0 atom stereocenters. The number of anilines is 1. The highest BCUT2D eigenvalue weighted by Crippen LogP contribution is 2.45. The molecule has 0 saturated carbocycles. The van der Waals surface area contributed by atoms with Gasteiger partial charge in [0.2, 0.25) is 12.1 Å². The van der Waals surface area contributed by atoms with E-state index in [1.54, 1.807) is 23.1 Å². The van der Waals surface area contributed by atoms with Gasteiger partial charge in [0.25, 0.3) is 5.01 Å². The summed E-state index contributed by atoms with van der Waals surface area (Å²) in [4.78, 5) is 3.40. The molecule has 2 nitrogen and oxygen atoms in total. The van der Waals surface area contributed by atoms with Gasteiger partial charge in [-0.15, -0.1) is 12.8 Å². The van der Waals surface area contributed by atoms with Gasteiger partial charge >= 0.3 is 0 Å². The summed E-state index contributed by atoms with van der Waals surface area (Å²) in [7, 11) is 0. The molecule has 1 aliphatic heterocycles. The van der Waals surface area contributed by atoms with Crippen molar-refractivity contribution in [3.8, 4) is 24.7 Å². The number of hydrogen-bond acceptors (Lipinski definition) is 3. The van der Waals surface area contributed by atoms with Crippen LogP contribution in [-0.2, 0) is 6.54 Å². The van der Waals surface area contributed by atoms with E-state index in [1.165, 1.54) is 20.8 Å². The molecule has 0 bridgehead atoms. The molecule has 2 aromatic carbocycles. The highest BCUT2D eigenvalue weighted by Gasteiger charge is 2.23. The Morgan fingerprint density at radius 2 is 1.85 bits per heavy atom. The van der Waals surface area contributed by atoms with Crippen LogP contribution in [0, 0.1) is 24.7 Å². The largest absolute Gasteiger partial charge is 0.323 e. The predicted molar refractivity (Wildman–Crippen MR) is 116 cm³/mol. The molecule has 0 N–H and O–H groups in total. The van der Waals surface area contributed by atoms with Gasteiger partial charge in [-0.2, -0.15) is 4.57 Å². The van der Waals surface area contributed by atoms with Crippen LogP contribution in [0.1, 0.15) is 5.01 Å². The maximum atomic E-state index is 5.58. The molecule has 0 unspecified atom stereocenters. The summed E-state index contributed by atoms with van der Waals surface area (Å²) < 4.78 is 3.40. The fourth-order valence-electron chi connectivity index (χ4n) is 3.08. The molecule has 0 saturated heterocycles. The maximum Gasteiger partial charge on any atom is 0.263 e. The van der Waals surface area contributed by atoms with Crippen molar-refractivity contribution in [1.82, 2.24) is 0 Å². The first-order chi connectivity index (χ1) is 13.3.